The van der Waals surface area contributed by atoms with Crippen molar-refractivity contribution in [3.63, 3.8) is 0 Å². The third kappa shape index (κ3) is 2.79. The molecule has 13 heavy (non-hydrogen) atoms. The number of aryl methyl sites for hydroxylation is 1. The molecule has 70 valence electrons. The second-order valence-electron chi connectivity index (χ2n) is 2.81. The summed E-state index contributed by atoms with van der Waals surface area (Å²) in [7, 11) is 0. The lowest BCUT2D eigenvalue weighted by Crippen LogP contribution is -2.32. The Kier molecular flexibility index (Phi) is 2.92. The minimum Gasteiger partial charge on any atom is -0.480 e. The van der Waals surface area contributed by atoms with Crippen molar-refractivity contribution in [1.82, 2.24) is 10.2 Å². The third-order valence-corrected chi connectivity index (χ3v) is 1.60. The molecule has 1 aromatic heterocycles. The fourth-order valence-corrected chi connectivity index (χ4v) is 0.848. The highest BCUT2D eigenvalue weighted by Gasteiger charge is 2.12. The molecule has 0 unspecified atom stereocenters. The van der Waals surface area contributed by atoms with E-state index in [1.165, 1.54) is 0 Å². The van der Waals surface area contributed by atoms with Crippen LogP contribution in [0, 0.1) is 6.92 Å². The molecule has 0 aliphatic rings. The smallest absolute Gasteiger partial charge is 0.320 e. The third-order valence-electron chi connectivity index (χ3n) is 1.60. The normalized spacial score (nSPS) is 12.5. The standard InChI is InChI=1S/C8H11N3O2/c1-5-2-3-6(11-10-5)4-7(9)8(12)13/h2-3,7H,4,9H2,1H3,(H,12,13)/t7-/m0/s1. The molecule has 0 aliphatic carbocycles. The number of carboxylic acids is 1. The average molecular weight is 181 g/mol. The fraction of sp³-hybridized carbons (Fsp3) is 0.375. The van der Waals surface area contributed by atoms with E-state index in [2.05, 4.69) is 10.2 Å². The first kappa shape index (κ1) is 9.60. The van der Waals surface area contributed by atoms with Crippen LogP contribution in [0.4, 0.5) is 0 Å². The Morgan fingerprint density at radius 2 is 2.31 bits per heavy atom. The minimum absolute atomic E-state index is 0.211. The topological polar surface area (TPSA) is 89.1 Å². The Morgan fingerprint density at radius 3 is 2.77 bits per heavy atom. The van der Waals surface area contributed by atoms with Crippen LogP contribution in [0.25, 0.3) is 0 Å². The lowest BCUT2D eigenvalue weighted by molar-refractivity contribution is -0.138. The van der Waals surface area contributed by atoms with E-state index in [0.717, 1.165) is 5.69 Å². The lowest BCUT2D eigenvalue weighted by Gasteiger charge is -2.04. The lowest BCUT2D eigenvalue weighted by atomic mass is 10.1. The zero-order valence-corrected chi connectivity index (χ0v) is 7.27. The minimum atomic E-state index is -1.03. The number of aromatic nitrogens is 2. The molecule has 1 aromatic rings. The fourth-order valence-electron chi connectivity index (χ4n) is 0.848. The predicted molar refractivity (Wildman–Crippen MR) is 46.1 cm³/mol. The highest BCUT2D eigenvalue weighted by Crippen LogP contribution is 1.98. The summed E-state index contributed by atoms with van der Waals surface area (Å²) in [5.74, 6) is -1.03. The summed E-state index contributed by atoms with van der Waals surface area (Å²) in [4.78, 5) is 10.4. The number of hydrogen-bond donors (Lipinski definition) is 2. The van der Waals surface area contributed by atoms with Crippen molar-refractivity contribution in [2.45, 2.75) is 19.4 Å². The number of rotatable bonds is 3. The summed E-state index contributed by atoms with van der Waals surface area (Å²) in [6, 6.07) is 2.60. The first-order valence-electron chi connectivity index (χ1n) is 3.87. The molecule has 0 saturated heterocycles. The van der Waals surface area contributed by atoms with E-state index in [0.29, 0.717) is 5.69 Å². The van der Waals surface area contributed by atoms with Gasteiger partial charge in [-0.2, -0.15) is 10.2 Å². The van der Waals surface area contributed by atoms with Crippen molar-refractivity contribution in [2.75, 3.05) is 0 Å². The van der Waals surface area contributed by atoms with Crippen LogP contribution in [0.15, 0.2) is 12.1 Å². The number of hydrogen-bond acceptors (Lipinski definition) is 4. The van der Waals surface area contributed by atoms with Gasteiger partial charge in [-0.15, -0.1) is 0 Å². The molecule has 0 fully saturated rings. The molecule has 0 radical (unpaired) electrons. The highest BCUT2D eigenvalue weighted by molar-refractivity contribution is 5.73. The van der Waals surface area contributed by atoms with Gasteiger partial charge in [0.15, 0.2) is 0 Å². The summed E-state index contributed by atoms with van der Waals surface area (Å²) >= 11 is 0. The van der Waals surface area contributed by atoms with Crippen LogP contribution in [-0.2, 0) is 11.2 Å². The van der Waals surface area contributed by atoms with Crippen LogP contribution in [0.5, 0.6) is 0 Å². The first-order valence-corrected chi connectivity index (χ1v) is 3.87. The maximum atomic E-state index is 10.4. The van der Waals surface area contributed by atoms with Gasteiger partial charge in [-0.1, -0.05) is 0 Å². The van der Waals surface area contributed by atoms with E-state index < -0.39 is 12.0 Å². The van der Waals surface area contributed by atoms with Gasteiger partial charge in [-0.05, 0) is 19.1 Å². The maximum Gasteiger partial charge on any atom is 0.320 e. The maximum absolute atomic E-state index is 10.4. The Bertz CT molecular complexity index is 297. The Labute approximate surface area is 75.6 Å². The van der Waals surface area contributed by atoms with Crippen molar-refractivity contribution in [3.05, 3.63) is 23.5 Å². The Morgan fingerprint density at radius 1 is 1.62 bits per heavy atom. The number of nitrogens with zero attached hydrogens (tertiary/aromatic N) is 2. The van der Waals surface area contributed by atoms with Gasteiger partial charge in [0, 0.05) is 6.42 Å². The number of nitrogens with two attached hydrogens (primary N) is 1. The Hall–Kier alpha value is -1.49. The monoisotopic (exact) mass is 181 g/mol. The molecule has 1 heterocycles. The highest BCUT2D eigenvalue weighted by atomic mass is 16.4. The summed E-state index contributed by atoms with van der Waals surface area (Å²) < 4.78 is 0. The number of carboxylic acid groups (broad SMARTS) is 1. The summed E-state index contributed by atoms with van der Waals surface area (Å²) in [6.45, 7) is 1.81. The van der Waals surface area contributed by atoms with Gasteiger partial charge in [0.05, 0.1) is 11.4 Å². The zero-order valence-electron chi connectivity index (χ0n) is 7.27. The molecule has 3 N–H and O–H groups in total. The van der Waals surface area contributed by atoms with Crippen molar-refractivity contribution in [1.29, 1.82) is 0 Å². The van der Waals surface area contributed by atoms with E-state index in [1.807, 2.05) is 6.92 Å². The molecular formula is C8H11N3O2. The van der Waals surface area contributed by atoms with Gasteiger partial charge in [0.2, 0.25) is 0 Å². The molecule has 0 spiro atoms. The molecule has 0 aromatic carbocycles. The second kappa shape index (κ2) is 3.95. The quantitative estimate of drug-likeness (QED) is 0.670. The van der Waals surface area contributed by atoms with Gasteiger partial charge in [0.1, 0.15) is 6.04 Å². The summed E-state index contributed by atoms with van der Waals surface area (Å²) in [6.07, 6.45) is 0.211. The zero-order chi connectivity index (χ0) is 9.84. The number of aliphatic carboxylic acids is 1. The van der Waals surface area contributed by atoms with E-state index >= 15 is 0 Å². The molecule has 1 atom stereocenters. The summed E-state index contributed by atoms with van der Waals surface area (Å²) in [5, 5.41) is 16.1. The van der Waals surface area contributed by atoms with Gasteiger partial charge in [-0.3, -0.25) is 4.79 Å². The molecule has 0 bridgehead atoms. The number of carbonyl (C=O) groups is 1. The Balaban J connectivity index is 2.64. The van der Waals surface area contributed by atoms with Crippen LogP contribution in [0.1, 0.15) is 11.4 Å². The van der Waals surface area contributed by atoms with Crippen LogP contribution < -0.4 is 5.73 Å². The molecule has 0 amide bonds. The van der Waals surface area contributed by atoms with E-state index in [4.69, 9.17) is 10.8 Å². The first-order chi connectivity index (χ1) is 6.09. The van der Waals surface area contributed by atoms with Gasteiger partial charge in [-0.25, -0.2) is 0 Å². The molecular weight excluding hydrogens is 170 g/mol. The molecule has 1 rings (SSSR count). The molecule has 0 aliphatic heterocycles. The van der Waals surface area contributed by atoms with Crippen LogP contribution in [0.3, 0.4) is 0 Å². The van der Waals surface area contributed by atoms with E-state index in [-0.39, 0.29) is 6.42 Å². The second-order valence-corrected chi connectivity index (χ2v) is 2.81. The van der Waals surface area contributed by atoms with Gasteiger partial charge < -0.3 is 10.8 Å². The van der Waals surface area contributed by atoms with Crippen molar-refractivity contribution >= 4 is 5.97 Å². The van der Waals surface area contributed by atoms with Gasteiger partial charge >= 0.3 is 5.97 Å². The predicted octanol–water partition coefficient (Wildman–Crippen LogP) is -0.261. The van der Waals surface area contributed by atoms with E-state index in [9.17, 15) is 4.79 Å². The average Bonchev–Trinajstić information content (AvgIpc) is 2.08. The van der Waals surface area contributed by atoms with Crippen LogP contribution >= 0.6 is 0 Å². The summed E-state index contributed by atoms with van der Waals surface area (Å²) in [5.41, 5.74) is 6.72. The van der Waals surface area contributed by atoms with Crippen LogP contribution in [0.2, 0.25) is 0 Å². The molecule has 0 saturated carbocycles. The molecule has 5 nitrogen and oxygen atoms in total. The van der Waals surface area contributed by atoms with E-state index in [1.54, 1.807) is 12.1 Å². The SMILES string of the molecule is Cc1ccc(C[C@H](N)C(=O)O)nn1. The van der Waals surface area contributed by atoms with Crippen molar-refractivity contribution in [2.24, 2.45) is 5.73 Å². The van der Waals surface area contributed by atoms with Crippen molar-refractivity contribution in [3.8, 4) is 0 Å². The van der Waals surface area contributed by atoms with Crippen LogP contribution in [-0.4, -0.2) is 27.3 Å². The van der Waals surface area contributed by atoms with Gasteiger partial charge in [0.25, 0.3) is 0 Å². The van der Waals surface area contributed by atoms with Crippen molar-refractivity contribution < 1.29 is 9.90 Å². The molecule has 5 heteroatoms. The largest absolute Gasteiger partial charge is 0.480 e.